The van der Waals surface area contributed by atoms with Gasteiger partial charge in [-0.15, -0.1) is 0 Å². The molecule has 31 heavy (non-hydrogen) atoms. The Kier molecular flexibility index (Phi) is 5.96. The highest BCUT2D eigenvalue weighted by Crippen LogP contribution is 2.31. The molecule has 0 aliphatic carbocycles. The minimum absolute atomic E-state index is 0.0873. The second kappa shape index (κ2) is 8.67. The van der Waals surface area contributed by atoms with Crippen molar-refractivity contribution >= 4 is 21.4 Å². The fourth-order valence-corrected chi connectivity index (χ4v) is 5.43. The number of anilines is 1. The monoisotopic (exact) mass is 433 g/mol. The first-order chi connectivity index (χ1) is 14.8. The summed E-state index contributed by atoms with van der Waals surface area (Å²) in [5.74, 6) is 0.189. The van der Waals surface area contributed by atoms with Crippen LogP contribution in [0.2, 0.25) is 0 Å². The van der Waals surface area contributed by atoms with Gasteiger partial charge in [-0.3, -0.25) is 4.79 Å². The lowest BCUT2D eigenvalue weighted by Gasteiger charge is -2.30. The van der Waals surface area contributed by atoms with Gasteiger partial charge >= 0.3 is 0 Å². The molecule has 0 radical (unpaired) electrons. The second-order valence-corrected chi connectivity index (χ2v) is 10.4. The Balaban J connectivity index is 1.62. The largest absolute Gasteiger partial charge is 0.308 e. The van der Waals surface area contributed by atoms with E-state index in [0.29, 0.717) is 18.0 Å². The Morgan fingerprint density at radius 2 is 1.74 bits per heavy atom. The molecule has 0 atom stereocenters. The first kappa shape index (κ1) is 21.3. The van der Waals surface area contributed by atoms with Gasteiger partial charge in [-0.25, -0.2) is 8.42 Å². The van der Waals surface area contributed by atoms with Crippen molar-refractivity contribution in [2.24, 2.45) is 0 Å². The summed E-state index contributed by atoms with van der Waals surface area (Å²) in [6.45, 7) is 4.96. The van der Waals surface area contributed by atoms with Crippen molar-refractivity contribution in [2.75, 3.05) is 11.4 Å². The molecule has 0 fully saturated rings. The molecule has 0 bridgehead atoms. The van der Waals surface area contributed by atoms with Crippen LogP contribution in [0.15, 0.2) is 77.7 Å². The van der Waals surface area contributed by atoms with Gasteiger partial charge in [0.2, 0.25) is 0 Å². The van der Waals surface area contributed by atoms with E-state index in [-0.39, 0.29) is 16.6 Å². The zero-order chi connectivity index (χ0) is 22.0. The normalized spacial score (nSPS) is 13.8. The predicted octanol–water partition coefficient (Wildman–Crippen LogP) is 5.38. The zero-order valence-corrected chi connectivity index (χ0v) is 18.7. The van der Waals surface area contributed by atoms with Gasteiger partial charge in [0.1, 0.15) is 0 Å². The minimum Gasteiger partial charge on any atom is -0.308 e. The number of sulfone groups is 1. The Bertz CT molecular complexity index is 1200. The lowest BCUT2D eigenvalue weighted by atomic mass is 9.94. The summed E-state index contributed by atoms with van der Waals surface area (Å²) in [6.07, 6.45) is 1.84. The van der Waals surface area contributed by atoms with Gasteiger partial charge in [-0.2, -0.15) is 0 Å². The van der Waals surface area contributed by atoms with Crippen LogP contribution in [0.1, 0.15) is 53.2 Å². The molecule has 4 rings (SSSR count). The third-order valence-corrected chi connectivity index (χ3v) is 7.46. The molecule has 1 aliphatic heterocycles. The average Bonchev–Trinajstić information content (AvgIpc) is 2.78. The molecule has 160 valence electrons. The zero-order valence-electron chi connectivity index (χ0n) is 17.9. The average molecular weight is 434 g/mol. The summed E-state index contributed by atoms with van der Waals surface area (Å²) in [5.41, 5.74) is 4.50. The number of nitrogens with zero attached hydrogens (tertiary/aromatic N) is 1. The number of rotatable bonds is 5. The second-order valence-electron chi connectivity index (χ2n) is 8.38. The van der Waals surface area contributed by atoms with Crippen LogP contribution in [-0.4, -0.2) is 20.9 Å². The van der Waals surface area contributed by atoms with E-state index in [1.54, 1.807) is 35.2 Å². The predicted molar refractivity (Wildman–Crippen MR) is 124 cm³/mol. The molecule has 3 aromatic carbocycles. The van der Waals surface area contributed by atoms with Crippen molar-refractivity contribution in [1.82, 2.24) is 0 Å². The molecular formula is C26H27NO3S. The molecule has 0 saturated carbocycles. The van der Waals surface area contributed by atoms with Gasteiger partial charge < -0.3 is 4.90 Å². The lowest BCUT2D eigenvalue weighted by Crippen LogP contribution is -2.35. The summed E-state index contributed by atoms with van der Waals surface area (Å²) in [5, 5.41) is 0. The topological polar surface area (TPSA) is 54.5 Å². The maximum absolute atomic E-state index is 13.3. The number of hydrogen-bond acceptors (Lipinski definition) is 3. The maximum Gasteiger partial charge on any atom is 0.258 e. The molecule has 3 aromatic rings. The van der Waals surface area contributed by atoms with Gasteiger partial charge in [0.15, 0.2) is 9.84 Å². The molecule has 1 amide bonds. The molecule has 0 unspecified atom stereocenters. The van der Waals surface area contributed by atoms with E-state index in [2.05, 4.69) is 26.0 Å². The molecule has 5 heteroatoms. The van der Waals surface area contributed by atoms with Gasteiger partial charge in [0.25, 0.3) is 5.91 Å². The summed E-state index contributed by atoms with van der Waals surface area (Å²) in [4.78, 5) is 15.3. The van der Waals surface area contributed by atoms with Crippen LogP contribution in [0, 0.1) is 0 Å². The standard InChI is InChI=1S/C26H27NO3S/c1-19(2)21-13-14-25-22(16-21)11-7-15-27(25)26(28)23-10-6-12-24(17-23)31(29,30)18-20-8-4-3-5-9-20/h3-6,8-10,12-14,16-17,19H,7,11,15,18H2,1-2H3. The Morgan fingerprint density at radius 3 is 2.48 bits per heavy atom. The fraction of sp³-hybridized carbons (Fsp3) is 0.269. The lowest BCUT2D eigenvalue weighted by molar-refractivity contribution is 0.0985. The van der Waals surface area contributed by atoms with Gasteiger partial charge in [0.05, 0.1) is 10.6 Å². The number of aryl methyl sites for hydroxylation is 1. The molecule has 0 N–H and O–H groups in total. The first-order valence-corrected chi connectivity index (χ1v) is 12.3. The molecule has 4 nitrogen and oxygen atoms in total. The van der Waals surface area contributed by atoms with Crippen molar-refractivity contribution in [1.29, 1.82) is 0 Å². The molecule has 0 aromatic heterocycles. The smallest absolute Gasteiger partial charge is 0.258 e. The number of carbonyl (C=O) groups excluding carboxylic acids is 1. The summed E-state index contributed by atoms with van der Waals surface area (Å²) in [7, 11) is -3.55. The molecular weight excluding hydrogens is 406 g/mol. The van der Waals surface area contributed by atoms with E-state index in [1.165, 1.54) is 17.2 Å². The maximum atomic E-state index is 13.3. The molecule has 1 aliphatic rings. The van der Waals surface area contributed by atoms with Gasteiger partial charge in [-0.05, 0) is 59.7 Å². The number of carbonyl (C=O) groups is 1. The Morgan fingerprint density at radius 1 is 0.968 bits per heavy atom. The van der Waals surface area contributed by atoms with E-state index in [9.17, 15) is 13.2 Å². The van der Waals surface area contributed by atoms with Crippen molar-refractivity contribution in [2.45, 2.75) is 43.3 Å². The van der Waals surface area contributed by atoms with E-state index < -0.39 is 9.84 Å². The van der Waals surface area contributed by atoms with Crippen molar-refractivity contribution in [3.05, 3.63) is 95.1 Å². The van der Waals surface area contributed by atoms with Crippen molar-refractivity contribution in [3.63, 3.8) is 0 Å². The highest BCUT2D eigenvalue weighted by molar-refractivity contribution is 7.90. The van der Waals surface area contributed by atoms with Crippen LogP contribution in [-0.2, 0) is 22.0 Å². The number of hydrogen-bond donors (Lipinski definition) is 0. The highest BCUT2D eigenvalue weighted by atomic mass is 32.2. The van der Waals surface area contributed by atoms with Crippen molar-refractivity contribution in [3.8, 4) is 0 Å². The van der Waals surface area contributed by atoms with Crippen molar-refractivity contribution < 1.29 is 13.2 Å². The quantitative estimate of drug-likeness (QED) is 0.543. The third kappa shape index (κ3) is 4.57. The molecule has 1 heterocycles. The molecule has 0 spiro atoms. The van der Waals surface area contributed by atoms with E-state index in [4.69, 9.17) is 0 Å². The van der Waals surface area contributed by atoms with Crippen LogP contribution in [0.5, 0.6) is 0 Å². The number of amides is 1. The van der Waals surface area contributed by atoms with Crippen LogP contribution in [0.25, 0.3) is 0 Å². The number of fused-ring (bicyclic) bond motifs is 1. The third-order valence-electron chi connectivity index (χ3n) is 5.77. The van der Waals surface area contributed by atoms with Crippen LogP contribution >= 0.6 is 0 Å². The van der Waals surface area contributed by atoms with Crippen LogP contribution in [0.3, 0.4) is 0 Å². The Labute approximate surface area is 184 Å². The first-order valence-electron chi connectivity index (χ1n) is 10.7. The van der Waals surface area contributed by atoms with Crippen LogP contribution in [0.4, 0.5) is 5.69 Å². The van der Waals surface area contributed by atoms with Crippen LogP contribution < -0.4 is 4.90 Å². The summed E-state index contributed by atoms with van der Waals surface area (Å²) in [6, 6.07) is 21.8. The van der Waals surface area contributed by atoms with Gasteiger partial charge in [0, 0.05) is 17.8 Å². The van der Waals surface area contributed by atoms with E-state index in [0.717, 1.165) is 24.1 Å². The van der Waals surface area contributed by atoms with Gasteiger partial charge in [-0.1, -0.05) is 62.4 Å². The molecule has 0 saturated heterocycles. The van der Waals surface area contributed by atoms with E-state index >= 15 is 0 Å². The SMILES string of the molecule is CC(C)c1ccc2c(c1)CCCN2C(=O)c1cccc(S(=O)(=O)Cc2ccccc2)c1. The Hall–Kier alpha value is -2.92. The number of benzene rings is 3. The highest BCUT2D eigenvalue weighted by Gasteiger charge is 2.25. The fourth-order valence-electron chi connectivity index (χ4n) is 4.04. The minimum atomic E-state index is -3.55. The summed E-state index contributed by atoms with van der Waals surface area (Å²) < 4.78 is 25.9. The van der Waals surface area contributed by atoms with E-state index in [1.807, 2.05) is 24.3 Å². The summed E-state index contributed by atoms with van der Waals surface area (Å²) >= 11 is 0.